The molecule has 0 radical (unpaired) electrons. The summed E-state index contributed by atoms with van der Waals surface area (Å²) >= 11 is 0. The van der Waals surface area contributed by atoms with Crippen molar-refractivity contribution in [3.63, 3.8) is 0 Å². The first-order valence-electron chi connectivity index (χ1n) is 10.0. The summed E-state index contributed by atoms with van der Waals surface area (Å²) in [5.74, 6) is 0.684. The number of hydrogen-bond donors (Lipinski definition) is 0. The standard InChI is InChI=1S/C20H25N5O5/c1-14-11-24(12-15(2)29-14)19-18(25(26)27)20(22-13-21-19)30-17-6-4-3-5-16(17)23-7-9-28-10-8-23/h3-6,13-15H,7-12H2,1-2H3. The third-order valence-electron chi connectivity index (χ3n) is 5.09. The first kappa shape index (κ1) is 20.3. The normalized spacial score (nSPS) is 22.1. The Hall–Kier alpha value is -2.98. The van der Waals surface area contributed by atoms with Crippen LogP contribution in [-0.4, -0.2) is 66.5 Å². The van der Waals surface area contributed by atoms with Gasteiger partial charge in [0.25, 0.3) is 0 Å². The first-order valence-corrected chi connectivity index (χ1v) is 10.0. The van der Waals surface area contributed by atoms with E-state index >= 15 is 0 Å². The van der Waals surface area contributed by atoms with Crippen LogP contribution in [0.2, 0.25) is 0 Å². The molecular formula is C20H25N5O5. The molecule has 10 heteroatoms. The van der Waals surface area contributed by atoms with Gasteiger partial charge in [-0.3, -0.25) is 10.1 Å². The SMILES string of the molecule is CC1CN(c2ncnc(Oc3ccccc3N3CCOCC3)c2[N+](=O)[O-])CC(C)O1. The maximum Gasteiger partial charge on any atom is 0.373 e. The number of hydrogen-bond acceptors (Lipinski definition) is 9. The molecule has 2 saturated heterocycles. The molecule has 160 valence electrons. The van der Waals surface area contributed by atoms with E-state index in [4.69, 9.17) is 14.2 Å². The molecule has 0 spiro atoms. The highest BCUT2D eigenvalue weighted by atomic mass is 16.6. The predicted octanol–water partition coefficient (Wildman–Crippen LogP) is 2.63. The Morgan fingerprint density at radius 3 is 2.50 bits per heavy atom. The second kappa shape index (κ2) is 8.80. The van der Waals surface area contributed by atoms with Gasteiger partial charge >= 0.3 is 11.6 Å². The molecule has 2 aliphatic heterocycles. The second-order valence-corrected chi connectivity index (χ2v) is 7.44. The molecule has 2 aromatic rings. The van der Waals surface area contributed by atoms with E-state index in [2.05, 4.69) is 14.9 Å². The molecule has 0 aliphatic carbocycles. The molecule has 1 aromatic heterocycles. The minimum Gasteiger partial charge on any atom is -0.431 e. The number of aromatic nitrogens is 2. The molecule has 1 aromatic carbocycles. The van der Waals surface area contributed by atoms with Gasteiger partial charge in [0, 0.05) is 26.2 Å². The van der Waals surface area contributed by atoms with Gasteiger partial charge in [0.1, 0.15) is 6.33 Å². The van der Waals surface area contributed by atoms with Gasteiger partial charge < -0.3 is 24.0 Å². The number of benzene rings is 1. The highest BCUT2D eigenvalue weighted by molar-refractivity contribution is 5.66. The van der Waals surface area contributed by atoms with Crippen LogP contribution >= 0.6 is 0 Å². The lowest BCUT2D eigenvalue weighted by molar-refractivity contribution is -0.385. The summed E-state index contributed by atoms with van der Waals surface area (Å²) in [4.78, 5) is 23.8. The Balaban J connectivity index is 1.68. The van der Waals surface area contributed by atoms with Gasteiger partial charge in [-0.05, 0) is 26.0 Å². The van der Waals surface area contributed by atoms with Crippen molar-refractivity contribution in [3.8, 4) is 11.6 Å². The van der Waals surface area contributed by atoms with Crippen LogP contribution in [0.4, 0.5) is 17.2 Å². The van der Waals surface area contributed by atoms with E-state index in [1.165, 1.54) is 6.33 Å². The zero-order valence-electron chi connectivity index (χ0n) is 17.1. The largest absolute Gasteiger partial charge is 0.431 e. The summed E-state index contributed by atoms with van der Waals surface area (Å²) in [6.45, 7) is 7.58. The molecule has 2 atom stereocenters. The number of nitrogens with zero attached hydrogens (tertiary/aromatic N) is 5. The minimum absolute atomic E-state index is 0.0604. The van der Waals surface area contributed by atoms with E-state index in [0.29, 0.717) is 32.1 Å². The average Bonchev–Trinajstić information content (AvgIpc) is 2.74. The zero-order chi connectivity index (χ0) is 21.1. The Labute approximate surface area is 174 Å². The van der Waals surface area contributed by atoms with Gasteiger partial charge in [0.05, 0.1) is 36.0 Å². The zero-order valence-corrected chi connectivity index (χ0v) is 17.1. The molecule has 0 saturated carbocycles. The molecule has 0 amide bonds. The summed E-state index contributed by atoms with van der Waals surface area (Å²) in [6, 6.07) is 7.46. The molecule has 0 bridgehead atoms. The van der Waals surface area contributed by atoms with Gasteiger partial charge in [-0.15, -0.1) is 0 Å². The predicted molar refractivity (Wildman–Crippen MR) is 110 cm³/mol. The number of anilines is 2. The molecular weight excluding hydrogens is 390 g/mol. The van der Waals surface area contributed by atoms with E-state index in [9.17, 15) is 10.1 Å². The van der Waals surface area contributed by atoms with E-state index in [0.717, 1.165) is 18.8 Å². The van der Waals surface area contributed by atoms with Crippen LogP contribution in [0.1, 0.15) is 13.8 Å². The highest BCUT2D eigenvalue weighted by Gasteiger charge is 2.33. The fourth-order valence-corrected chi connectivity index (χ4v) is 3.88. The number of morpholine rings is 2. The van der Waals surface area contributed by atoms with Crippen molar-refractivity contribution in [3.05, 3.63) is 40.7 Å². The first-order chi connectivity index (χ1) is 14.5. The summed E-state index contributed by atoms with van der Waals surface area (Å²) in [6.07, 6.45) is 1.18. The van der Waals surface area contributed by atoms with Crippen molar-refractivity contribution in [2.75, 3.05) is 49.2 Å². The molecule has 4 rings (SSSR count). The van der Waals surface area contributed by atoms with Crippen molar-refractivity contribution in [2.45, 2.75) is 26.1 Å². The molecule has 2 aliphatic rings. The molecule has 2 fully saturated rings. The summed E-state index contributed by atoms with van der Waals surface area (Å²) in [7, 11) is 0. The smallest absolute Gasteiger partial charge is 0.373 e. The van der Waals surface area contributed by atoms with Gasteiger partial charge in [-0.25, -0.2) is 4.98 Å². The third-order valence-corrected chi connectivity index (χ3v) is 5.09. The topological polar surface area (TPSA) is 103 Å². The van der Waals surface area contributed by atoms with Crippen molar-refractivity contribution >= 4 is 17.2 Å². The van der Waals surface area contributed by atoms with Gasteiger partial charge in [-0.1, -0.05) is 12.1 Å². The van der Waals surface area contributed by atoms with Crippen LogP contribution in [-0.2, 0) is 9.47 Å². The maximum absolute atomic E-state index is 12.0. The lowest BCUT2D eigenvalue weighted by Crippen LogP contribution is -2.46. The molecule has 30 heavy (non-hydrogen) atoms. The van der Waals surface area contributed by atoms with Crippen molar-refractivity contribution < 1.29 is 19.1 Å². The van der Waals surface area contributed by atoms with Crippen LogP contribution in [0.15, 0.2) is 30.6 Å². The lowest BCUT2D eigenvalue weighted by Gasteiger charge is -2.35. The summed E-state index contributed by atoms with van der Waals surface area (Å²) in [5, 5.41) is 12.0. The lowest BCUT2D eigenvalue weighted by atomic mass is 10.2. The van der Waals surface area contributed by atoms with Gasteiger partial charge in [0.2, 0.25) is 5.82 Å². The molecule has 2 unspecified atom stereocenters. The van der Waals surface area contributed by atoms with E-state index in [1.54, 1.807) is 6.07 Å². The molecule has 10 nitrogen and oxygen atoms in total. The van der Waals surface area contributed by atoms with Crippen LogP contribution in [0.25, 0.3) is 0 Å². The Morgan fingerprint density at radius 1 is 1.10 bits per heavy atom. The number of nitro groups is 1. The van der Waals surface area contributed by atoms with E-state index < -0.39 is 4.92 Å². The maximum atomic E-state index is 12.0. The van der Waals surface area contributed by atoms with Crippen molar-refractivity contribution in [1.29, 1.82) is 0 Å². The average molecular weight is 415 g/mol. The Kier molecular flexibility index (Phi) is 5.96. The molecule has 3 heterocycles. The van der Waals surface area contributed by atoms with E-state index in [1.807, 2.05) is 36.9 Å². The minimum atomic E-state index is -0.479. The fraction of sp³-hybridized carbons (Fsp3) is 0.500. The Bertz CT molecular complexity index is 895. The summed E-state index contributed by atoms with van der Waals surface area (Å²) < 4.78 is 17.2. The Morgan fingerprint density at radius 2 is 1.80 bits per heavy atom. The monoisotopic (exact) mass is 415 g/mol. The van der Waals surface area contributed by atoms with E-state index in [-0.39, 0.29) is 29.6 Å². The highest BCUT2D eigenvalue weighted by Crippen LogP contribution is 2.39. The fourth-order valence-electron chi connectivity index (χ4n) is 3.88. The summed E-state index contributed by atoms with van der Waals surface area (Å²) in [5.41, 5.74) is 0.611. The van der Waals surface area contributed by atoms with Crippen LogP contribution in [0.5, 0.6) is 11.6 Å². The van der Waals surface area contributed by atoms with Crippen LogP contribution in [0.3, 0.4) is 0 Å². The number of ether oxygens (including phenoxy) is 3. The second-order valence-electron chi connectivity index (χ2n) is 7.44. The van der Waals surface area contributed by atoms with Gasteiger partial charge in [0.15, 0.2) is 5.75 Å². The quantitative estimate of drug-likeness (QED) is 0.538. The third kappa shape index (κ3) is 4.29. The van der Waals surface area contributed by atoms with Crippen LogP contribution in [0, 0.1) is 10.1 Å². The number of para-hydroxylation sites is 2. The van der Waals surface area contributed by atoms with Crippen molar-refractivity contribution in [1.82, 2.24) is 9.97 Å². The number of rotatable bonds is 5. The van der Waals surface area contributed by atoms with Crippen LogP contribution < -0.4 is 14.5 Å². The van der Waals surface area contributed by atoms with Crippen molar-refractivity contribution in [2.24, 2.45) is 0 Å². The van der Waals surface area contributed by atoms with Gasteiger partial charge in [-0.2, -0.15) is 4.98 Å². The molecule has 0 N–H and O–H groups in total.